The van der Waals surface area contributed by atoms with Crippen LogP contribution in [0.1, 0.15) is 17.5 Å². The smallest absolute Gasteiger partial charge is 0.137 e. The highest BCUT2D eigenvalue weighted by Gasteiger charge is 2.16. The maximum atomic E-state index is 6.27. The number of aromatic amines is 1. The molecule has 3 nitrogen and oxygen atoms in total. The third-order valence-electron chi connectivity index (χ3n) is 4.44. The molecule has 0 spiro atoms. The topological polar surface area (TPSA) is 31.9 Å². The number of aromatic nitrogens is 2. The van der Waals surface area contributed by atoms with Crippen LogP contribution in [0.3, 0.4) is 0 Å². The van der Waals surface area contributed by atoms with E-state index in [4.69, 9.17) is 11.6 Å². The van der Waals surface area contributed by atoms with Crippen LogP contribution in [0.25, 0.3) is 16.6 Å². The quantitative estimate of drug-likeness (QED) is 0.769. The first-order valence-corrected chi connectivity index (χ1v) is 8.26. The Hall–Kier alpha value is -2.10. The molecule has 0 unspecified atom stereocenters. The van der Waals surface area contributed by atoms with Crippen molar-refractivity contribution in [1.29, 1.82) is 0 Å². The Kier molecular flexibility index (Phi) is 3.90. The number of rotatable bonds is 3. The minimum atomic E-state index is 0.852. The molecule has 116 valence electrons. The molecule has 0 radical (unpaired) electrons. The molecule has 2 aromatic heterocycles. The van der Waals surface area contributed by atoms with E-state index in [0.717, 1.165) is 36.7 Å². The number of hydrogen-bond donors (Lipinski definition) is 1. The summed E-state index contributed by atoms with van der Waals surface area (Å²) < 4.78 is 0. The number of nitrogens with one attached hydrogen (secondary N) is 1. The highest BCUT2D eigenvalue weighted by Crippen LogP contribution is 2.29. The lowest BCUT2D eigenvalue weighted by Gasteiger charge is -2.26. The van der Waals surface area contributed by atoms with Gasteiger partial charge in [-0.2, -0.15) is 0 Å². The Labute approximate surface area is 140 Å². The minimum absolute atomic E-state index is 0.852. The van der Waals surface area contributed by atoms with E-state index >= 15 is 0 Å². The summed E-state index contributed by atoms with van der Waals surface area (Å²) in [5.74, 6) is 0. The second-order valence-corrected chi connectivity index (χ2v) is 6.32. The molecule has 1 aliphatic rings. The molecule has 0 aliphatic carbocycles. The molecular formula is C19H18ClN3. The summed E-state index contributed by atoms with van der Waals surface area (Å²) in [5, 5.41) is 2.06. The maximum absolute atomic E-state index is 6.27. The molecule has 0 bridgehead atoms. The van der Waals surface area contributed by atoms with E-state index in [1.165, 1.54) is 22.1 Å². The van der Waals surface area contributed by atoms with Crippen molar-refractivity contribution in [3.05, 3.63) is 71.0 Å². The number of H-pyrrole nitrogens is 1. The van der Waals surface area contributed by atoms with Crippen molar-refractivity contribution in [3.8, 4) is 0 Å². The standard InChI is InChI=1S/C19H18ClN3/c20-18-6-2-1-4-15(18)13-23-10-7-14(8-11-23)17-12-22-19-16(17)5-3-9-21-19/h1-7,9,12H,8,10-11,13H2,(H,21,22). The molecule has 1 N–H and O–H groups in total. The van der Waals surface area contributed by atoms with E-state index in [1.807, 2.05) is 30.5 Å². The summed E-state index contributed by atoms with van der Waals surface area (Å²) in [4.78, 5) is 10.1. The zero-order valence-electron chi connectivity index (χ0n) is 12.8. The zero-order chi connectivity index (χ0) is 15.6. The van der Waals surface area contributed by atoms with Crippen molar-refractivity contribution in [1.82, 2.24) is 14.9 Å². The summed E-state index contributed by atoms with van der Waals surface area (Å²) >= 11 is 6.27. The highest BCUT2D eigenvalue weighted by molar-refractivity contribution is 6.31. The molecule has 0 saturated heterocycles. The van der Waals surface area contributed by atoms with E-state index in [2.05, 4.69) is 39.3 Å². The monoisotopic (exact) mass is 323 g/mol. The van der Waals surface area contributed by atoms with Crippen LogP contribution in [0.15, 0.2) is 54.9 Å². The Morgan fingerprint density at radius 2 is 2.09 bits per heavy atom. The van der Waals surface area contributed by atoms with Gasteiger partial charge in [-0.25, -0.2) is 4.98 Å². The largest absolute Gasteiger partial charge is 0.346 e. The lowest BCUT2D eigenvalue weighted by molar-refractivity contribution is 0.294. The van der Waals surface area contributed by atoms with Crippen LogP contribution < -0.4 is 0 Å². The van der Waals surface area contributed by atoms with Crippen LogP contribution in [0.5, 0.6) is 0 Å². The molecule has 1 aliphatic heterocycles. The Morgan fingerprint density at radius 1 is 1.17 bits per heavy atom. The van der Waals surface area contributed by atoms with E-state index in [-0.39, 0.29) is 0 Å². The van der Waals surface area contributed by atoms with E-state index in [0.29, 0.717) is 0 Å². The Morgan fingerprint density at radius 3 is 2.91 bits per heavy atom. The van der Waals surface area contributed by atoms with Gasteiger partial charge in [0, 0.05) is 48.0 Å². The fraction of sp³-hybridized carbons (Fsp3) is 0.211. The molecule has 0 fully saturated rings. The van der Waals surface area contributed by atoms with Gasteiger partial charge < -0.3 is 4.98 Å². The summed E-state index contributed by atoms with van der Waals surface area (Å²) in [6.07, 6.45) is 7.28. The van der Waals surface area contributed by atoms with Crippen molar-refractivity contribution in [3.63, 3.8) is 0 Å². The number of hydrogen-bond acceptors (Lipinski definition) is 2. The molecule has 4 heteroatoms. The first-order valence-electron chi connectivity index (χ1n) is 7.88. The second kappa shape index (κ2) is 6.19. The summed E-state index contributed by atoms with van der Waals surface area (Å²) in [5.41, 5.74) is 4.84. The van der Waals surface area contributed by atoms with Gasteiger partial charge in [-0.15, -0.1) is 0 Å². The van der Waals surface area contributed by atoms with Crippen LogP contribution in [0.4, 0.5) is 0 Å². The van der Waals surface area contributed by atoms with Crippen molar-refractivity contribution < 1.29 is 0 Å². The molecule has 23 heavy (non-hydrogen) atoms. The van der Waals surface area contributed by atoms with Gasteiger partial charge in [0.15, 0.2) is 0 Å². The van der Waals surface area contributed by atoms with Gasteiger partial charge in [0.1, 0.15) is 5.65 Å². The average molecular weight is 324 g/mol. The molecule has 1 aromatic carbocycles. The van der Waals surface area contributed by atoms with E-state index in [9.17, 15) is 0 Å². The first-order chi connectivity index (χ1) is 11.3. The number of fused-ring (bicyclic) bond motifs is 1. The number of halogens is 1. The summed E-state index contributed by atoms with van der Waals surface area (Å²) in [6, 6.07) is 12.2. The third kappa shape index (κ3) is 2.90. The van der Waals surface area contributed by atoms with Gasteiger partial charge >= 0.3 is 0 Å². The minimum Gasteiger partial charge on any atom is -0.346 e. The molecule has 0 amide bonds. The number of pyridine rings is 1. The van der Waals surface area contributed by atoms with E-state index in [1.54, 1.807) is 0 Å². The fourth-order valence-corrected chi connectivity index (χ4v) is 3.38. The van der Waals surface area contributed by atoms with Crippen LogP contribution in [-0.4, -0.2) is 28.0 Å². The third-order valence-corrected chi connectivity index (χ3v) is 4.81. The Bertz CT molecular complexity index is 866. The highest BCUT2D eigenvalue weighted by atomic mass is 35.5. The predicted octanol–water partition coefficient (Wildman–Crippen LogP) is 4.51. The normalized spacial score (nSPS) is 15.8. The molecule has 3 aromatic rings. The van der Waals surface area contributed by atoms with E-state index < -0.39 is 0 Å². The molecule has 4 rings (SSSR count). The molecule has 0 saturated carbocycles. The lowest BCUT2D eigenvalue weighted by Crippen LogP contribution is -2.28. The van der Waals surface area contributed by atoms with Crippen molar-refractivity contribution in [2.24, 2.45) is 0 Å². The average Bonchev–Trinajstić information content (AvgIpc) is 3.02. The van der Waals surface area contributed by atoms with Crippen molar-refractivity contribution >= 4 is 28.2 Å². The second-order valence-electron chi connectivity index (χ2n) is 5.91. The summed E-state index contributed by atoms with van der Waals surface area (Å²) in [7, 11) is 0. The fourth-order valence-electron chi connectivity index (χ4n) is 3.19. The molecule has 0 atom stereocenters. The zero-order valence-corrected chi connectivity index (χ0v) is 13.6. The first kappa shape index (κ1) is 14.5. The van der Waals surface area contributed by atoms with Gasteiger partial charge in [-0.1, -0.05) is 35.9 Å². The van der Waals surface area contributed by atoms with Crippen LogP contribution in [-0.2, 0) is 6.54 Å². The van der Waals surface area contributed by atoms with Crippen LogP contribution in [0.2, 0.25) is 5.02 Å². The predicted molar refractivity (Wildman–Crippen MR) is 95.4 cm³/mol. The maximum Gasteiger partial charge on any atom is 0.137 e. The SMILES string of the molecule is Clc1ccccc1CN1CC=C(c2c[nH]c3ncccc23)CC1. The van der Waals surface area contributed by atoms with Gasteiger partial charge in [0.25, 0.3) is 0 Å². The van der Waals surface area contributed by atoms with Crippen molar-refractivity contribution in [2.45, 2.75) is 13.0 Å². The van der Waals surface area contributed by atoms with Crippen LogP contribution >= 0.6 is 11.6 Å². The van der Waals surface area contributed by atoms with Gasteiger partial charge in [0.05, 0.1) is 0 Å². The van der Waals surface area contributed by atoms with Gasteiger partial charge in [-0.05, 0) is 35.8 Å². The lowest BCUT2D eigenvalue weighted by atomic mass is 9.99. The van der Waals surface area contributed by atoms with Gasteiger partial charge in [-0.3, -0.25) is 4.90 Å². The van der Waals surface area contributed by atoms with Crippen LogP contribution in [0, 0.1) is 0 Å². The summed E-state index contributed by atoms with van der Waals surface area (Å²) in [6.45, 7) is 2.90. The van der Waals surface area contributed by atoms with Crippen molar-refractivity contribution in [2.75, 3.05) is 13.1 Å². The molecular weight excluding hydrogens is 306 g/mol. The number of benzene rings is 1. The van der Waals surface area contributed by atoms with Gasteiger partial charge in [0.2, 0.25) is 0 Å². The molecule has 3 heterocycles. The number of nitrogens with zero attached hydrogens (tertiary/aromatic N) is 2. The Balaban J connectivity index is 1.52.